The molecule has 0 N–H and O–H groups in total. The maximum Gasteiger partial charge on any atom is -0.0259 e. The van der Waals surface area contributed by atoms with Crippen LogP contribution in [0, 0.1) is 29.6 Å². The molecule has 4 atom stereocenters. The topological polar surface area (TPSA) is 0 Å². The summed E-state index contributed by atoms with van der Waals surface area (Å²) >= 11 is 0. The minimum absolute atomic E-state index is 0.754. The monoisotopic (exact) mass is 322 g/mol. The number of hydrogen-bond donors (Lipinski definition) is 0. The van der Waals surface area contributed by atoms with E-state index in [9.17, 15) is 0 Å². The molecular weight excluding hydrogens is 276 g/mol. The van der Waals surface area contributed by atoms with Crippen LogP contribution in [0.25, 0.3) is 0 Å². The Morgan fingerprint density at radius 3 is 1.87 bits per heavy atom. The predicted molar refractivity (Wildman–Crippen MR) is 108 cm³/mol. The number of hydrogen-bond acceptors (Lipinski definition) is 0. The zero-order valence-electron chi connectivity index (χ0n) is 17.6. The van der Waals surface area contributed by atoms with Crippen molar-refractivity contribution in [1.29, 1.82) is 0 Å². The third-order valence-electron chi connectivity index (χ3n) is 5.41. The van der Waals surface area contributed by atoms with E-state index < -0.39 is 0 Å². The first-order valence-corrected chi connectivity index (χ1v) is 10.4. The normalized spacial score (nSPS) is 16.9. The third kappa shape index (κ3) is 13.8. The summed E-state index contributed by atoms with van der Waals surface area (Å²) in [5.41, 5.74) is 1.46. The van der Waals surface area contributed by atoms with Crippen LogP contribution in [0.1, 0.15) is 107 Å². The van der Waals surface area contributed by atoms with Crippen molar-refractivity contribution in [2.45, 2.75) is 107 Å². The summed E-state index contributed by atoms with van der Waals surface area (Å²) in [6, 6.07) is 0. The van der Waals surface area contributed by atoms with Crippen molar-refractivity contribution in [1.82, 2.24) is 0 Å². The van der Waals surface area contributed by atoms with Crippen LogP contribution in [0.3, 0.4) is 0 Å². The molecule has 138 valence electrons. The van der Waals surface area contributed by atoms with Crippen molar-refractivity contribution >= 4 is 0 Å². The van der Waals surface area contributed by atoms with Gasteiger partial charge in [0.15, 0.2) is 0 Å². The predicted octanol–water partition coefficient (Wildman–Crippen LogP) is 8.27. The van der Waals surface area contributed by atoms with E-state index in [1.165, 1.54) is 56.9 Å². The molecule has 0 aliphatic heterocycles. The van der Waals surface area contributed by atoms with E-state index in [-0.39, 0.29) is 0 Å². The van der Waals surface area contributed by atoms with E-state index >= 15 is 0 Å². The number of unbranched alkanes of at least 4 members (excludes halogenated alkanes) is 1. The number of allylic oxidation sites excluding steroid dienone is 2. The molecule has 0 bridgehead atoms. The Morgan fingerprint density at radius 1 is 0.696 bits per heavy atom. The van der Waals surface area contributed by atoms with Crippen LogP contribution < -0.4 is 0 Å². The van der Waals surface area contributed by atoms with Gasteiger partial charge in [-0.25, -0.2) is 0 Å². The Labute approximate surface area is 148 Å². The Bertz CT molecular complexity index is 295. The van der Waals surface area contributed by atoms with E-state index in [0.717, 1.165) is 29.6 Å². The highest BCUT2D eigenvalue weighted by Crippen LogP contribution is 2.27. The minimum atomic E-state index is 0.754. The summed E-state index contributed by atoms with van der Waals surface area (Å²) in [5.74, 6) is 4.30. The fraction of sp³-hybridized carbons (Fsp3) is 0.913. The van der Waals surface area contributed by atoms with Crippen LogP contribution >= 0.6 is 0 Å². The summed E-state index contributed by atoms with van der Waals surface area (Å²) in [4.78, 5) is 0. The Balaban J connectivity index is 3.82. The zero-order chi connectivity index (χ0) is 17.8. The fourth-order valence-corrected chi connectivity index (χ4v) is 3.73. The second-order valence-electron chi connectivity index (χ2n) is 9.13. The summed E-state index contributed by atoms with van der Waals surface area (Å²) in [5, 5.41) is 0. The molecule has 0 aromatic heterocycles. The van der Waals surface area contributed by atoms with Gasteiger partial charge in [0.2, 0.25) is 0 Å². The molecule has 0 amide bonds. The van der Waals surface area contributed by atoms with Gasteiger partial charge in [0, 0.05) is 0 Å². The lowest BCUT2D eigenvalue weighted by atomic mass is 9.82. The molecule has 0 nitrogen and oxygen atoms in total. The van der Waals surface area contributed by atoms with Gasteiger partial charge in [-0.05, 0) is 56.3 Å². The highest BCUT2D eigenvalue weighted by Gasteiger charge is 2.15. The van der Waals surface area contributed by atoms with Crippen molar-refractivity contribution in [3.63, 3.8) is 0 Å². The van der Waals surface area contributed by atoms with Crippen molar-refractivity contribution in [3.05, 3.63) is 11.6 Å². The van der Waals surface area contributed by atoms with Gasteiger partial charge in [-0.1, -0.05) is 91.7 Å². The summed E-state index contributed by atoms with van der Waals surface area (Å²) in [6.45, 7) is 18.9. The summed E-state index contributed by atoms with van der Waals surface area (Å²) in [7, 11) is 0. The first kappa shape index (κ1) is 22.7. The van der Waals surface area contributed by atoms with Crippen LogP contribution in [0.2, 0.25) is 0 Å². The van der Waals surface area contributed by atoms with E-state index in [0.29, 0.717) is 0 Å². The van der Waals surface area contributed by atoms with Crippen molar-refractivity contribution < 1.29 is 0 Å². The van der Waals surface area contributed by atoms with Gasteiger partial charge >= 0.3 is 0 Å². The lowest BCUT2D eigenvalue weighted by molar-refractivity contribution is 0.280. The van der Waals surface area contributed by atoms with Crippen molar-refractivity contribution in [3.8, 4) is 0 Å². The lowest BCUT2D eigenvalue weighted by Gasteiger charge is -2.23. The van der Waals surface area contributed by atoms with Gasteiger partial charge in [-0.3, -0.25) is 0 Å². The second kappa shape index (κ2) is 13.1. The minimum Gasteiger partial charge on any atom is -0.0830 e. The summed E-state index contributed by atoms with van der Waals surface area (Å²) < 4.78 is 0. The molecule has 0 aromatic rings. The van der Waals surface area contributed by atoms with Crippen LogP contribution in [-0.2, 0) is 0 Å². The van der Waals surface area contributed by atoms with Crippen LogP contribution in [-0.4, -0.2) is 0 Å². The second-order valence-corrected chi connectivity index (χ2v) is 9.13. The Hall–Kier alpha value is -0.260. The molecule has 0 aliphatic carbocycles. The van der Waals surface area contributed by atoms with Gasteiger partial charge < -0.3 is 0 Å². The van der Waals surface area contributed by atoms with Crippen molar-refractivity contribution in [2.24, 2.45) is 29.6 Å². The highest BCUT2D eigenvalue weighted by atomic mass is 14.2. The molecule has 0 saturated heterocycles. The van der Waals surface area contributed by atoms with Gasteiger partial charge in [-0.2, -0.15) is 0 Å². The van der Waals surface area contributed by atoms with Gasteiger partial charge in [0.25, 0.3) is 0 Å². The molecule has 0 aliphatic rings. The van der Waals surface area contributed by atoms with Gasteiger partial charge in [0.1, 0.15) is 0 Å². The molecule has 0 aromatic carbocycles. The maximum atomic E-state index is 2.48. The molecule has 0 radical (unpaired) electrons. The van der Waals surface area contributed by atoms with E-state index in [4.69, 9.17) is 0 Å². The molecule has 4 unspecified atom stereocenters. The third-order valence-corrected chi connectivity index (χ3v) is 5.41. The van der Waals surface area contributed by atoms with Crippen molar-refractivity contribution in [2.75, 3.05) is 0 Å². The zero-order valence-corrected chi connectivity index (χ0v) is 17.6. The van der Waals surface area contributed by atoms with E-state index in [1.54, 1.807) is 0 Å². The van der Waals surface area contributed by atoms with Crippen LogP contribution in [0.5, 0.6) is 0 Å². The standard InChI is InChI=1S/C23H46/c1-18(2)12-9-10-15-22(7)23(8)17-21(6)14-11-13-20(5)16-19(3)4/h16,18,20-23H,9-15,17H2,1-8H3. The Kier molecular flexibility index (Phi) is 12.9. The molecule has 0 heterocycles. The molecule has 0 heteroatoms. The quantitative estimate of drug-likeness (QED) is 0.236. The number of rotatable bonds is 13. The van der Waals surface area contributed by atoms with Gasteiger partial charge in [0.05, 0.1) is 0 Å². The average Bonchev–Trinajstić information content (AvgIpc) is 2.42. The fourth-order valence-electron chi connectivity index (χ4n) is 3.73. The first-order chi connectivity index (χ1) is 10.7. The molecule has 0 spiro atoms. The smallest absolute Gasteiger partial charge is 0.0259 e. The largest absolute Gasteiger partial charge is 0.0830 e. The summed E-state index contributed by atoms with van der Waals surface area (Å²) in [6.07, 6.45) is 13.7. The average molecular weight is 323 g/mol. The molecule has 0 rings (SSSR count). The van der Waals surface area contributed by atoms with E-state index in [1.807, 2.05) is 0 Å². The highest BCUT2D eigenvalue weighted by molar-refractivity contribution is 4.95. The van der Waals surface area contributed by atoms with Gasteiger partial charge in [-0.15, -0.1) is 0 Å². The molecule has 0 saturated carbocycles. The van der Waals surface area contributed by atoms with E-state index in [2.05, 4.69) is 61.5 Å². The first-order valence-electron chi connectivity index (χ1n) is 10.4. The van der Waals surface area contributed by atoms with Crippen LogP contribution in [0.4, 0.5) is 0 Å². The molecular formula is C23H46. The molecule has 23 heavy (non-hydrogen) atoms. The SMILES string of the molecule is CC(C)=CC(C)CCCC(C)CC(C)C(C)CCCCC(C)C. The Morgan fingerprint density at radius 2 is 1.30 bits per heavy atom. The van der Waals surface area contributed by atoms with Crippen LogP contribution in [0.15, 0.2) is 11.6 Å². The lowest BCUT2D eigenvalue weighted by Crippen LogP contribution is -2.12. The maximum absolute atomic E-state index is 2.48. The molecule has 0 fully saturated rings.